The number of amides is 2. The van der Waals surface area contributed by atoms with E-state index in [-0.39, 0.29) is 17.9 Å². The van der Waals surface area contributed by atoms with Crippen molar-refractivity contribution in [1.29, 1.82) is 0 Å². The first-order valence-electron chi connectivity index (χ1n) is 8.00. The number of nitrogens with zero attached hydrogens (tertiary/aromatic N) is 2. The number of benzene rings is 1. The van der Waals surface area contributed by atoms with E-state index in [0.717, 1.165) is 12.2 Å². The van der Waals surface area contributed by atoms with E-state index in [2.05, 4.69) is 5.32 Å². The molecule has 2 aliphatic rings. The first-order chi connectivity index (χ1) is 11.1. The molecule has 1 aromatic carbocycles. The first-order valence-corrected chi connectivity index (χ1v) is 9.15. The molecule has 2 amide bonds. The maximum Gasteiger partial charge on any atom is 0.255 e. The fourth-order valence-electron chi connectivity index (χ4n) is 2.63. The van der Waals surface area contributed by atoms with Gasteiger partial charge in [-0.3, -0.25) is 9.59 Å². The maximum absolute atomic E-state index is 12.8. The Morgan fingerprint density at radius 2 is 2.13 bits per heavy atom. The average molecular weight is 333 g/mol. The van der Waals surface area contributed by atoms with Crippen LogP contribution in [0.25, 0.3) is 0 Å². The van der Waals surface area contributed by atoms with Crippen LogP contribution < -0.4 is 10.2 Å². The lowest BCUT2D eigenvalue weighted by molar-refractivity contribution is -0.124. The predicted octanol–water partition coefficient (Wildman–Crippen LogP) is 1.79. The highest BCUT2D eigenvalue weighted by molar-refractivity contribution is 7.99. The van der Waals surface area contributed by atoms with Gasteiger partial charge >= 0.3 is 0 Å². The largest absolute Gasteiger partial charge is 0.378 e. The minimum Gasteiger partial charge on any atom is -0.378 e. The minimum absolute atomic E-state index is 0.0148. The number of hydrogen-bond acceptors (Lipinski definition) is 4. The summed E-state index contributed by atoms with van der Waals surface area (Å²) in [5.74, 6) is 1.82. The van der Waals surface area contributed by atoms with E-state index in [4.69, 9.17) is 0 Å². The number of nitrogens with one attached hydrogen (secondary N) is 1. The molecular formula is C17H23N3O2S. The zero-order valence-corrected chi connectivity index (χ0v) is 14.4. The maximum atomic E-state index is 12.8. The van der Waals surface area contributed by atoms with Crippen molar-refractivity contribution in [3.05, 3.63) is 29.8 Å². The van der Waals surface area contributed by atoms with Gasteiger partial charge in [0.2, 0.25) is 5.91 Å². The van der Waals surface area contributed by atoms with Gasteiger partial charge in [-0.05, 0) is 37.0 Å². The summed E-state index contributed by atoms with van der Waals surface area (Å²) in [5.41, 5.74) is 1.62. The fraction of sp³-hybridized carbons (Fsp3) is 0.529. The molecule has 6 heteroatoms. The van der Waals surface area contributed by atoms with Crippen molar-refractivity contribution in [3.63, 3.8) is 0 Å². The monoisotopic (exact) mass is 333 g/mol. The smallest absolute Gasteiger partial charge is 0.255 e. The van der Waals surface area contributed by atoms with Gasteiger partial charge in [0.15, 0.2) is 0 Å². The molecule has 0 aromatic heterocycles. The van der Waals surface area contributed by atoms with Crippen molar-refractivity contribution in [3.8, 4) is 0 Å². The van der Waals surface area contributed by atoms with E-state index in [0.29, 0.717) is 23.1 Å². The molecule has 3 rings (SSSR count). The van der Waals surface area contributed by atoms with Gasteiger partial charge in [-0.15, -0.1) is 11.8 Å². The molecule has 0 radical (unpaired) electrons. The van der Waals surface area contributed by atoms with E-state index in [1.165, 1.54) is 12.8 Å². The van der Waals surface area contributed by atoms with E-state index < -0.39 is 0 Å². The highest BCUT2D eigenvalue weighted by atomic mass is 32.2. The third-order valence-electron chi connectivity index (χ3n) is 4.32. The summed E-state index contributed by atoms with van der Waals surface area (Å²) in [5, 5.41) is 3.00. The van der Waals surface area contributed by atoms with E-state index in [1.54, 1.807) is 16.7 Å². The standard InChI is InChI=1S/C17H23N3O2S/c1-19(2)14-5-3-4-13(8-14)17(22)20-11-23-10-15(20)16(21)18-9-12-6-7-12/h3-5,8,12,15H,6-7,9-11H2,1-2H3,(H,18,21). The lowest BCUT2D eigenvalue weighted by atomic mass is 10.1. The summed E-state index contributed by atoms with van der Waals surface area (Å²) in [7, 11) is 3.90. The van der Waals surface area contributed by atoms with Crippen molar-refractivity contribution in [2.45, 2.75) is 18.9 Å². The van der Waals surface area contributed by atoms with Crippen LogP contribution in [0.15, 0.2) is 24.3 Å². The van der Waals surface area contributed by atoms with Crippen molar-refractivity contribution in [1.82, 2.24) is 10.2 Å². The molecule has 1 saturated heterocycles. The summed E-state index contributed by atoms with van der Waals surface area (Å²) < 4.78 is 0. The molecule has 124 valence electrons. The zero-order valence-electron chi connectivity index (χ0n) is 13.6. The van der Waals surface area contributed by atoms with Crippen LogP contribution in [-0.4, -0.2) is 55.0 Å². The van der Waals surface area contributed by atoms with Crippen molar-refractivity contribution >= 4 is 29.3 Å². The number of carbonyl (C=O) groups is 2. The third-order valence-corrected chi connectivity index (χ3v) is 5.33. The SMILES string of the molecule is CN(C)c1cccc(C(=O)N2CSCC2C(=O)NCC2CC2)c1. The van der Waals surface area contributed by atoms with Crippen LogP contribution in [0, 0.1) is 5.92 Å². The molecular weight excluding hydrogens is 310 g/mol. The predicted molar refractivity (Wildman–Crippen MR) is 93.8 cm³/mol. The van der Waals surface area contributed by atoms with Gasteiger partial charge < -0.3 is 15.1 Å². The summed E-state index contributed by atoms with van der Waals surface area (Å²) in [6, 6.07) is 7.19. The van der Waals surface area contributed by atoms with Crippen LogP contribution in [0.5, 0.6) is 0 Å². The van der Waals surface area contributed by atoms with E-state index in [1.807, 2.05) is 43.3 Å². The van der Waals surface area contributed by atoms with Crippen LogP contribution >= 0.6 is 11.8 Å². The van der Waals surface area contributed by atoms with Crippen LogP contribution in [0.3, 0.4) is 0 Å². The van der Waals surface area contributed by atoms with Crippen LogP contribution in [0.2, 0.25) is 0 Å². The summed E-state index contributed by atoms with van der Waals surface area (Å²) in [4.78, 5) is 28.8. The molecule has 1 saturated carbocycles. The molecule has 23 heavy (non-hydrogen) atoms. The molecule has 1 aromatic rings. The van der Waals surface area contributed by atoms with Crippen LogP contribution in [-0.2, 0) is 4.79 Å². The Labute approximate surface area is 141 Å². The molecule has 1 aliphatic carbocycles. The summed E-state index contributed by atoms with van der Waals surface area (Å²) >= 11 is 1.64. The second kappa shape index (κ2) is 6.83. The number of anilines is 1. The lowest BCUT2D eigenvalue weighted by Gasteiger charge is -2.23. The molecule has 1 aliphatic heterocycles. The molecule has 1 unspecified atom stereocenters. The van der Waals surface area contributed by atoms with Gasteiger partial charge in [0.05, 0.1) is 5.88 Å². The van der Waals surface area contributed by atoms with Crippen molar-refractivity contribution in [2.75, 3.05) is 37.2 Å². The van der Waals surface area contributed by atoms with Gasteiger partial charge in [-0.2, -0.15) is 0 Å². The Bertz CT molecular complexity index is 601. The minimum atomic E-state index is -0.353. The average Bonchev–Trinajstić information content (AvgIpc) is 3.26. The molecule has 0 bridgehead atoms. The van der Waals surface area contributed by atoms with Gasteiger partial charge in [0, 0.05) is 37.6 Å². The first kappa shape index (κ1) is 16.2. The molecule has 1 heterocycles. The molecule has 2 fully saturated rings. The Kier molecular flexibility index (Phi) is 4.80. The number of carbonyl (C=O) groups excluding carboxylic acids is 2. The second-order valence-corrected chi connectivity index (χ2v) is 7.42. The van der Waals surface area contributed by atoms with Gasteiger partial charge in [0.1, 0.15) is 6.04 Å². The van der Waals surface area contributed by atoms with Gasteiger partial charge in [-0.25, -0.2) is 0 Å². The summed E-state index contributed by atoms with van der Waals surface area (Å²) in [6.45, 7) is 0.748. The third kappa shape index (κ3) is 3.80. The van der Waals surface area contributed by atoms with Crippen molar-refractivity contribution < 1.29 is 9.59 Å². The van der Waals surface area contributed by atoms with E-state index in [9.17, 15) is 9.59 Å². The molecule has 1 N–H and O–H groups in total. The van der Waals surface area contributed by atoms with Crippen LogP contribution in [0.1, 0.15) is 23.2 Å². The van der Waals surface area contributed by atoms with Crippen molar-refractivity contribution in [2.24, 2.45) is 5.92 Å². The highest BCUT2D eigenvalue weighted by Gasteiger charge is 2.35. The summed E-state index contributed by atoms with van der Waals surface area (Å²) in [6.07, 6.45) is 2.42. The Hall–Kier alpha value is -1.69. The molecule has 1 atom stereocenters. The Balaban J connectivity index is 1.69. The quantitative estimate of drug-likeness (QED) is 0.893. The lowest BCUT2D eigenvalue weighted by Crippen LogP contribution is -2.47. The van der Waals surface area contributed by atoms with Crippen LogP contribution in [0.4, 0.5) is 5.69 Å². The normalized spacial score (nSPS) is 20.4. The second-order valence-electron chi connectivity index (χ2n) is 6.42. The highest BCUT2D eigenvalue weighted by Crippen LogP contribution is 2.28. The number of rotatable bonds is 5. The fourth-order valence-corrected chi connectivity index (χ4v) is 3.78. The number of hydrogen-bond donors (Lipinski definition) is 1. The van der Waals surface area contributed by atoms with Gasteiger partial charge in [0.25, 0.3) is 5.91 Å². The molecule has 5 nitrogen and oxygen atoms in total. The Morgan fingerprint density at radius 1 is 1.35 bits per heavy atom. The zero-order chi connectivity index (χ0) is 16.4. The van der Waals surface area contributed by atoms with Gasteiger partial charge in [-0.1, -0.05) is 6.07 Å². The van der Waals surface area contributed by atoms with E-state index >= 15 is 0 Å². The molecule has 0 spiro atoms. The topological polar surface area (TPSA) is 52.7 Å². The number of thioether (sulfide) groups is 1. The Morgan fingerprint density at radius 3 is 2.83 bits per heavy atom.